The van der Waals surface area contributed by atoms with Crippen LogP contribution >= 0.6 is 11.6 Å². The lowest BCUT2D eigenvalue weighted by molar-refractivity contribution is -0.133. The second-order valence-corrected chi connectivity index (χ2v) is 6.23. The molecule has 0 saturated carbocycles. The van der Waals surface area contributed by atoms with E-state index in [1.807, 2.05) is 0 Å². The number of nitrogens with zero attached hydrogens (tertiary/aromatic N) is 1. The molecule has 8 heteroatoms. The average molecular weight is 384 g/mol. The molecule has 0 radical (unpaired) electrons. The van der Waals surface area contributed by atoms with Crippen molar-refractivity contribution >= 4 is 23.5 Å². The van der Waals surface area contributed by atoms with Crippen molar-refractivity contribution in [1.82, 2.24) is 4.90 Å². The van der Waals surface area contributed by atoms with E-state index in [-0.39, 0.29) is 34.9 Å². The molecule has 0 unspecified atom stereocenters. The Morgan fingerprint density at radius 3 is 2.15 bits per heavy atom. The Kier molecular flexibility index (Phi) is 6.05. The number of carboxylic acid groups (broad SMARTS) is 2. The number of methoxy groups -OCH3 is 1. The van der Waals surface area contributed by atoms with E-state index in [1.54, 1.807) is 18.7 Å². The number of rotatable bonds is 6. The van der Waals surface area contributed by atoms with Gasteiger partial charge in [-0.1, -0.05) is 17.7 Å². The molecule has 0 aliphatic carbocycles. The molecule has 1 aromatic rings. The quantitative estimate of drug-likeness (QED) is 0.784. The molecule has 6 nitrogen and oxygen atoms in total. The maximum Gasteiger partial charge on any atom is 0.334 e. The zero-order valence-corrected chi connectivity index (χ0v) is 15.3. The predicted octanol–water partition coefficient (Wildman–Crippen LogP) is 3.24. The second kappa shape index (κ2) is 7.88. The van der Waals surface area contributed by atoms with Crippen LogP contribution in [-0.2, 0) is 14.3 Å². The highest BCUT2D eigenvalue weighted by atomic mass is 35.5. The Labute approximate surface area is 155 Å². The van der Waals surface area contributed by atoms with Crippen molar-refractivity contribution in [2.24, 2.45) is 0 Å². The van der Waals surface area contributed by atoms with Crippen molar-refractivity contribution in [3.05, 3.63) is 57.1 Å². The molecule has 0 spiro atoms. The number of allylic oxidation sites excluding steroid dienone is 2. The van der Waals surface area contributed by atoms with E-state index >= 15 is 0 Å². The summed E-state index contributed by atoms with van der Waals surface area (Å²) in [5.74, 6) is -4.75. The molecular formula is C18H19ClFNO5. The number of benzene rings is 1. The highest BCUT2D eigenvalue weighted by Crippen LogP contribution is 2.44. The summed E-state index contributed by atoms with van der Waals surface area (Å²) in [6.45, 7) is 3.64. The van der Waals surface area contributed by atoms with E-state index in [0.29, 0.717) is 11.4 Å². The van der Waals surface area contributed by atoms with Crippen LogP contribution in [0.2, 0.25) is 5.02 Å². The van der Waals surface area contributed by atoms with Gasteiger partial charge in [0, 0.05) is 35.6 Å². The molecule has 26 heavy (non-hydrogen) atoms. The van der Waals surface area contributed by atoms with Gasteiger partial charge >= 0.3 is 11.9 Å². The third kappa shape index (κ3) is 3.45. The van der Waals surface area contributed by atoms with Crippen LogP contribution < -0.4 is 0 Å². The van der Waals surface area contributed by atoms with Crippen LogP contribution in [0.1, 0.15) is 25.3 Å². The number of aliphatic carboxylic acids is 2. The third-order valence-electron chi connectivity index (χ3n) is 4.43. The van der Waals surface area contributed by atoms with Gasteiger partial charge in [-0.25, -0.2) is 14.0 Å². The summed E-state index contributed by atoms with van der Waals surface area (Å²) in [6, 6.07) is 3.91. The minimum absolute atomic E-state index is 0.0292. The van der Waals surface area contributed by atoms with Crippen LogP contribution in [0.4, 0.5) is 4.39 Å². The third-order valence-corrected chi connectivity index (χ3v) is 4.76. The van der Waals surface area contributed by atoms with Crippen LogP contribution in [0.25, 0.3) is 0 Å². The van der Waals surface area contributed by atoms with Gasteiger partial charge in [0.2, 0.25) is 0 Å². The lowest BCUT2D eigenvalue weighted by atomic mass is 9.79. The van der Waals surface area contributed by atoms with Gasteiger partial charge in [-0.3, -0.25) is 0 Å². The molecule has 1 heterocycles. The monoisotopic (exact) mass is 383 g/mol. The Hall–Kier alpha value is -2.38. The number of carboxylic acids is 2. The van der Waals surface area contributed by atoms with Crippen LogP contribution in [0, 0.1) is 5.82 Å². The van der Waals surface area contributed by atoms with Crippen molar-refractivity contribution in [1.29, 1.82) is 0 Å². The molecule has 140 valence electrons. The van der Waals surface area contributed by atoms with E-state index in [4.69, 9.17) is 16.3 Å². The Balaban J connectivity index is 2.80. The molecule has 1 aliphatic heterocycles. The summed E-state index contributed by atoms with van der Waals surface area (Å²) in [7, 11) is 1.49. The normalized spacial score (nSPS) is 15.7. The molecule has 0 saturated heterocycles. The lowest BCUT2D eigenvalue weighted by Gasteiger charge is -2.37. The molecule has 0 fully saturated rings. The molecule has 0 amide bonds. The zero-order valence-electron chi connectivity index (χ0n) is 14.5. The van der Waals surface area contributed by atoms with Gasteiger partial charge in [0.1, 0.15) is 5.82 Å². The maximum absolute atomic E-state index is 14.5. The smallest absolute Gasteiger partial charge is 0.334 e. The predicted molar refractivity (Wildman–Crippen MR) is 93.4 cm³/mol. The van der Waals surface area contributed by atoms with E-state index in [9.17, 15) is 24.2 Å². The first-order valence-electron chi connectivity index (χ1n) is 7.80. The minimum Gasteiger partial charge on any atom is -0.478 e. The van der Waals surface area contributed by atoms with Crippen molar-refractivity contribution in [2.45, 2.75) is 19.8 Å². The van der Waals surface area contributed by atoms with Crippen LogP contribution in [0.5, 0.6) is 0 Å². The molecule has 2 N–H and O–H groups in total. The fourth-order valence-corrected chi connectivity index (χ4v) is 3.53. The van der Waals surface area contributed by atoms with Gasteiger partial charge in [-0.2, -0.15) is 0 Å². The largest absolute Gasteiger partial charge is 0.478 e. The Morgan fingerprint density at radius 1 is 1.19 bits per heavy atom. The van der Waals surface area contributed by atoms with Crippen molar-refractivity contribution in [3.8, 4) is 0 Å². The van der Waals surface area contributed by atoms with Crippen LogP contribution in [0.15, 0.2) is 40.7 Å². The van der Waals surface area contributed by atoms with Crippen molar-refractivity contribution in [3.63, 3.8) is 0 Å². The second-order valence-electron chi connectivity index (χ2n) is 5.82. The minimum atomic E-state index is -1.33. The Morgan fingerprint density at radius 2 is 1.73 bits per heavy atom. The number of carbonyl (C=O) groups is 2. The van der Waals surface area contributed by atoms with Crippen LogP contribution in [-0.4, -0.2) is 47.3 Å². The topological polar surface area (TPSA) is 87.1 Å². The summed E-state index contributed by atoms with van der Waals surface area (Å²) in [4.78, 5) is 25.5. The summed E-state index contributed by atoms with van der Waals surface area (Å²) in [6.07, 6.45) is 0. The highest BCUT2D eigenvalue weighted by Gasteiger charge is 2.41. The zero-order chi connectivity index (χ0) is 19.6. The van der Waals surface area contributed by atoms with Gasteiger partial charge in [0.05, 0.1) is 23.7 Å². The SMILES string of the molecule is COCCN1C(C)=C(C(=O)O)C(c2c(F)cccc2Cl)C(C(=O)O)=C1C. The van der Waals surface area contributed by atoms with Gasteiger partial charge in [-0.05, 0) is 26.0 Å². The molecule has 2 rings (SSSR count). The van der Waals surface area contributed by atoms with Crippen molar-refractivity contribution < 1.29 is 28.9 Å². The molecule has 1 aliphatic rings. The molecular weight excluding hydrogens is 365 g/mol. The number of hydrogen-bond acceptors (Lipinski definition) is 4. The fourth-order valence-electron chi connectivity index (χ4n) is 3.25. The number of hydrogen-bond donors (Lipinski definition) is 2. The van der Waals surface area contributed by atoms with E-state index < -0.39 is 23.7 Å². The van der Waals surface area contributed by atoms with Gasteiger partial charge in [-0.15, -0.1) is 0 Å². The maximum atomic E-state index is 14.5. The average Bonchev–Trinajstić information content (AvgIpc) is 2.53. The first-order chi connectivity index (χ1) is 12.2. The molecule has 0 aromatic heterocycles. The molecule has 0 bridgehead atoms. The standard InChI is InChI=1S/C18H19ClFNO5/c1-9-13(17(22)23)16(15-11(19)5-4-6-12(15)20)14(18(24)25)10(2)21(9)7-8-26-3/h4-6,16H,7-8H2,1-3H3,(H,22,23)(H,24,25). The molecule has 1 aromatic carbocycles. The summed E-state index contributed by atoms with van der Waals surface area (Å²) < 4.78 is 19.5. The van der Waals surface area contributed by atoms with E-state index in [1.165, 1.54) is 19.2 Å². The first kappa shape index (κ1) is 19.9. The summed E-state index contributed by atoms with van der Waals surface area (Å²) >= 11 is 6.11. The van der Waals surface area contributed by atoms with Gasteiger partial charge in [0.15, 0.2) is 0 Å². The number of ether oxygens (including phenoxy) is 1. The number of halogens is 2. The Bertz CT molecular complexity index is 760. The summed E-state index contributed by atoms with van der Waals surface area (Å²) in [5, 5.41) is 19.5. The van der Waals surface area contributed by atoms with Gasteiger partial charge < -0.3 is 19.8 Å². The fraction of sp³-hybridized carbons (Fsp3) is 0.333. The van der Waals surface area contributed by atoms with Crippen molar-refractivity contribution in [2.75, 3.05) is 20.3 Å². The highest BCUT2D eigenvalue weighted by molar-refractivity contribution is 6.31. The van der Waals surface area contributed by atoms with Gasteiger partial charge in [0.25, 0.3) is 0 Å². The molecule has 0 atom stereocenters. The summed E-state index contributed by atoms with van der Waals surface area (Å²) in [5.41, 5.74) is 0.0315. The van der Waals surface area contributed by atoms with E-state index in [2.05, 4.69) is 0 Å². The van der Waals surface area contributed by atoms with E-state index in [0.717, 1.165) is 6.07 Å². The lowest BCUT2D eigenvalue weighted by Crippen LogP contribution is -2.36. The first-order valence-corrected chi connectivity index (χ1v) is 8.18. The van der Waals surface area contributed by atoms with Crippen LogP contribution in [0.3, 0.4) is 0 Å².